The molecule has 13 heteroatoms. The van der Waals surface area contributed by atoms with Gasteiger partial charge in [0.25, 0.3) is 0 Å². The number of anilines is 3. The molecule has 0 radical (unpaired) electrons. The number of halogens is 2. The zero-order valence-corrected chi connectivity index (χ0v) is 24.5. The van der Waals surface area contributed by atoms with Gasteiger partial charge >= 0.3 is 12.2 Å². The summed E-state index contributed by atoms with van der Waals surface area (Å²) in [5.41, 5.74) is 1.56. The van der Waals surface area contributed by atoms with Gasteiger partial charge in [-0.3, -0.25) is 25.2 Å². The predicted molar refractivity (Wildman–Crippen MR) is 160 cm³/mol. The Morgan fingerprint density at radius 3 is 2.80 bits per heavy atom. The van der Waals surface area contributed by atoms with E-state index in [0.717, 1.165) is 0 Å². The van der Waals surface area contributed by atoms with Crippen LogP contribution in [0.15, 0.2) is 48.5 Å². The number of rotatable bonds is 2. The summed E-state index contributed by atoms with van der Waals surface area (Å²) in [5.74, 6) is -1.79. The number of nitrogens with zero attached hydrogens (tertiary/aromatic N) is 2. The number of hydrogen-bond donors (Lipinski definition) is 3. The standard InChI is InChI=1S/C31H29ClFN5O6/c1-43-29(41)34-17-9-10-18-21-6-4-7-22(35-21)19(5-2-3-8-25(39)36-24(18)15-17)28(40)38-14-13-31(16-38)26-23(37-30(42)44-31)12-11-20(32)27(26)33/h4,6-7,9-12,15,19H,2-3,5,8,13-14,16H2,1H3,(H,34,41)(H,36,39)(H,37,42)/t19-,31+/m1/s1. The third kappa shape index (κ3) is 5.52. The second-order valence-electron chi connectivity index (χ2n) is 11.0. The molecule has 0 aliphatic carbocycles. The molecule has 6 rings (SSSR count). The molecule has 1 fully saturated rings. The van der Waals surface area contributed by atoms with E-state index < -0.39 is 29.5 Å². The monoisotopic (exact) mass is 621 g/mol. The minimum Gasteiger partial charge on any atom is -0.453 e. The maximum absolute atomic E-state index is 15.3. The molecule has 2 bridgehead atoms. The normalized spacial score (nSPS) is 21.1. The van der Waals surface area contributed by atoms with Crippen LogP contribution in [-0.4, -0.2) is 54.1 Å². The summed E-state index contributed by atoms with van der Waals surface area (Å²) in [6.07, 6.45) is 0.569. The molecule has 1 spiro atoms. The van der Waals surface area contributed by atoms with Crippen molar-refractivity contribution in [2.24, 2.45) is 0 Å². The lowest BCUT2D eigenvalue weighted by Crippen LogP contribution is -2.44. The van der Waals surface area contributed by atoms with E-state index in [4.69, 9.17) is 21.3 Å². The van der Waals surface area contributed by atoms with Crippen LogP contribution in [-0.2, 0) is 24.7 Å². The number of likely N-dealkylation sites (tertiary alicyclic amines) is 1. The quantitative estimate of drug-likeness (QED) is 0.319. The number of aromatic nitrogens is 1. The summed E-state index contributed by atoms with van der Waals surface area (Å²) in [4.78, 5) is 57.6. The maximum atomic E-state index is 15.3. The van der Waals surface area contributed by atoms with E-state index in [1.807, 2.05) is 0 Å². The Hall–Kier alpha value is -4.71. The Morgan fingerprint density at radius 2 is 1.98 bits per heavy atom. The number of pyridine rings is 1. The van der Waals surface area contributed by atoms with Crippen LogP contribution >= 0.6 is 11.6 Å². The average Bonchev–Trinajstić information content (AvgIpc) is 3.41. The highest BCUT2D eigenvalue weighted by Gasteiger charge is 2.51. The van der Waals surface area contributed by atoms with E-state index >= 15 is 4.39 Å². The maximum Gasteiger partial charge on any atom is 0.412 e. The van der Waals surface area contributed by atoms with Crippen molar-refractivity contribution in [3.05, 3.63) is 70.6 Å². The minimum atomic E-state index is -1.38. The Morgan fingerprint density at radius 1 is 1.14 bits per heavy atom. The highest BCUT2D eigenvalue weighted by molar-refractivity contribution is 6.31. The molecule has 228 valence electrons. The highest BCUT2D eigenvalue weighted by Crippen LogP contribution is 2.46. The fourth-order valence-corrected chi connectivity index (χ4v) is 6.26. The minimum absolute atomic E-state index is 0.0408. The second kappa shape index (κ2) is 11.8. The summed E-state index contributed by atoms with van der Waals surface area (Å²) >= 11 is 6.09. The summed E-state index contributed by atoms with van der Waals surface area (Å²) in [7, 11) is 1.26. The molecule has 1 saturated heterocycles. The highest BCUT2D eigenvalue weighted by atomic mass is 35.5. The van der Waals surface area contributed by atoms with Gasteiger partial charge in [-0.25, -0.2) is 14.0 Å². The van der Waals surface area contributed by atoms with Crippen molar-refractivity contribution in [2.75, 3.05) is 36.1 Å². The Kier molecular flexibility index (Phi) is 7.85. The van der Waals surface area contributed by atoms with Gasteiger partial charge in [0.2, 0.25) is 11.8 Å². The second-order valence-corrected chi connectivity index (χ2v) is 11.4. The number of nitrogens with one attached hydrogen (secondary N) is 3. The van der Waals surface area contributed by atoms with Crippen LogP contribution in [0.1, 0.15) is 49.3 Å². The first kappa shape index (κ1) is 29.4. The molecule has 1 aromatic heterocycles. The number of carbonyl (C=O) groups excluding carboxylic acids is 4. The van der Waals surface area contributed by atoms with Gasteiger partial charge < -0.3 is 19.7 Å². The first-order valence-electron chi connectivity index (χ1n) is 14.2. The molecule has 2 aromatic carbocycles. The summed E-state index contributed by atoms with van der Waals surface area (Å²) in [6, 6.07) is 13.3. The summed E-state index contributed by atoms with van der Waals surface area (Å²) in [5, 5.41) is 7.93. The van der Waals surface area contributed by atoms with Gasteiger partial charge in [0.05, 0.1) is 52.9 Å². The lowest BCUT2D eigenvalue weighted by Gasteiger charge is -2.36. The molecule has 3 aromatic rings. The number of benzene rings is 2. The first-order valence-corrected chi connectivity index (χ1v) is 14.6. The van der Waals surface area contributed by atoms with Crippen LogP contribution in [0.3, 0.4) is 0 Å². The van der Waals surface area contributed by atoms with E-state index in [-0.39, 0.29) is 54.0 Å². The largest absolute Gasteiger partial charge is 0.453 e. The number of ether oxygens (including phenoxy) is 2. The number of fused-ring (bicyclic) bond motifs is 6. The fraction of sp³-hybridized carbons (Fsp3) is 0.323. The third-order valence-corrected chi connectivity index (χ3v) is 8.48. The topological polar surface area (TPSA) is 139 Å². The van der Waals surface area contributed by atoms with Crippen molar-refractivity contribution in [1.29, 1.82) is 0 Å². The van der Waals surface area contributed by atoms with Crippen LogP contribution in [0.2, 0.25) is 5.02 Å². The molecular formula is C31H29ClFN5O6. The van der Waals surface area contributed by atoms with Crippen molar-refractivity contribution in [3.8, 4) is 11.3 Å². The van der Waals surface area contributed by atoms with Gasteiger partial charge in [0.1, 0.15) is 0 Å². The Bertz CT molecular complexity index is 1690. The van der Waals surface area contributed by atoms with Crippen molar-refractivity contribution in [2.45, 2.75) is 43.6 Å². The summed E-state index contributed by atoms with van der Waals surface area (Å²) < 4.78 is 25.7. The van der Waals surface area contributed by atoms with Gasteiger partial charge in [-0.2, -0.15) is 0 Å². The van der Waals surface area contributed by atoms with E-state index in [9.17, 15) is 19.2 Å². The molecule has 4 heterocycles. The number of methoxy groups -OCH3 is 1. The predicted octanol–water partition coefficient (Wildman–Crippen LogP) is 6.01. The average molecular weight is 622 g/mol. The summed E-state index contributed by atoms with van der Waals surface area (Å²) in [6.45, 7) is 0.190. The molecule has 2 atom stereocenters. The molecule has 3 N–H and O–H groups in total. The Labute approximate surface area is 257 Å². The van der Waals surface area contributed by atoms with Gasteiger partial charge in [-0.15, -0.1) is 0 Å². The SMILES string of the molecule is COC(=O)Nc1ccc2c(c1)NC(=O)CCCC[C@@H](C(=O)N1CC[C@@]3(C1)OC(=O)Nc1ccc(Cl)c(F)c13)c1cccc-2n1. The zero-order chi connectivity index (χ0) is 31.0. The van der Waals surface area contributed by atoms with Crippen LogP contribution in [0.5, 0.6) is 0 Å². The van der Waals surface area contributed by atoms with Crippen molar-refractivity contribution >= 4 is 52.7 Å². The number of carbonyl (C=O) groups is 4. The van der Waals surface area contributed by atoms with Gasteiger partial charge in [0.15, 0.2) is 11.4 Å². The zero-order valence-electron chi connectivity index (χ0n) is 23.7. The first-order chi connectivity index (χ1) is 21.2. The number of hydrogen-bond acceptors (Lipinski definition) is 7. The lowest BCUT2D eigenvalue weighted by atomic mass is 9.89. The van der Waals surface area contributed by atoms with E-state index in [1.165, 1.54) is 19.2 Å². The van der Waals surface area contributed by atoms with Crippen LogP contribution in [0.4, 0.5) is 31.0 Å². The van der Waals surface area contributed by atoms with Crippen LogP contribution in [0.25, 0.3) is 11.3 Å². The van der Waals surface area contributed by atoms with Gasteiger partial charge in [-0.05, 0) is 55.3 Å². The van der Waals surface area contributed by atoms with E-state index in [2.05, 4.69) is 20.7 Å². The molecule has 3 aliphatic rings. The van der Waals surface area contributed by atoms with Crippen molar-refractivity contribution < 1.29 is 33.0 Å². The number of amides is 4. The van der Waals surface area contributed by atoms with E-state index in [1.54, 1.807) is 41.3 Å². The van der Waals surface area contributed by atoms with Crippen LogP contribution in [0, 0.1) is 5.82 Å². The van der Waals surface area contributed by atoms with Gasteiger partial charge in [0, 0.05) is 30.6 Å². The van der Waals surface area contributed by atoms with E-state index in [0.29, 0.717) is 47.6 Å². The Balaban J connectivity index is 1.33. The molecule has 4 amide bonds. The third-order valence-electron chi connectivity index (χ3n) is 8.19. The molecular weight excluding hydrogens is 593 g/mol. The smallest absolute Gasteiger partial charge is 0.412 e. The van der Waals surface area contributed by atoms with Crippen molar-refractivity contribution in [1.82, 2.24) is 9.88 Å². The molecule has 11 nitrogen and oxygen atoms in total. The van der Waals surface area contributed by atoms with Gasteiger partial charge in [-0.1, -0.05) is 24.1 Å². The van der Waals surface area contributed by atoms with Crippen molar-refractivity contribution in [3.63, 3.8) is 0 Å². The molecule has 3 aliphatic heterocycles. The molecule has 0 saturated carbocycles. The molecule has 0 unspecified atom stereocenters. The molecule has 44 heavy (non-hydrogen) atoms. The van der Waals surface area contributed by atoms with Crippen LogP contribution < -0.4 is 16.0 Å². The lowest BCUT2D eigenvalue weighted by molar-refractivity contribution is -0.133. The fourth-order valence-electron chi connectivity index (χ4n) is 6.10.